The summed E-state index contributed by atoms with van der Waals surface area (Å²) in [6.45, 7) is 0. The van der Waals surface area contributed by atoms with Gasteiger partial charge in [0.25, 0.3) is 5.91 Å². The first-order valence-corrected chi connectivity index (χ1v) is 8.14. The monoisotopic (exact) mass is 367 g/mol. The minimum atomic E-state index is -0.249. The van der Waals surface area contributed by atoms with Crippen molar-refractivity contribution < 1.29 is 4.79 Å². The van der Waals surface area contributed by atoms with Gasteiger partial charge in [-0.05, 0) is 42.8 Å². The lowest BCUT2D eigenvalue weighted by molar-refractivity contribution is -0.116. The van der Waals surface area contributed by atoms with Crippen molar-refractivity contribution in [1.29, 1.82) is 0 Å². The fourth-order valence-electron chi connectivity index (χ4n) is 2.23. The number of rotatable bonds is 3. The topological polar surface area (TPSA) is 53.2 Å². The average Bonchev–Trinajstić information content (AvgIpc) is 2.97. The maximum atomic E-state index is 11.7. The molecule has 0 aromatic heterocycles. The Morgan fingerprint density at radius 3 is 2.67 bits per heavy atom. The van der Waals surface area contributed by atoms with Gasteiger partial charge in [-0.2, -0.15) is 0 Å². The molecule has 2 rings (SSSR count). The minimum absolute atomic E-state index is 0.249. The standard InChI is InChI=1S/C15H18BrN3OS/c16-13-8-4-1-5-11(13)9-10-14(20)18-19-15(21)17-12-6-2-3-7-12/h1,4-5,8-10,12H,2-3,6-7H2,(H,18,20)(H2,17,19,21)/b10-9+. The van der Waals surface area contributed by atoms with Crippen LogP contribution < -0.4 is 16.2 Å². The summed E-state index contributed by atoms with van der Waals surface area (Å²) >= 11 is 8.57. The van der Waals surface area contributed by atoms with Crippen LogP contribution >= 0.6 is 28.1 Å². The van der Waals surface area contributed by atoms with Crippen LogP contribution in [0.15, 0.2) is 34.8 Å². The van der Waals surface area contributed by atoms with E-state index in [1.54, 1.807) is 6.08 Å². The molecule has 0 aliphatic heterocycles. The number of halogens is 1. The molecule has 1 aliphatic carbocycles. The van der Waals surface area contributed by atoms with Crippen molar-refractivity contribution in [3.8, 4) is 0 Å². The number of thiocarbonyl (C=S) groups is 1. The van der Waals surface area contributed by atoms with Crippen LogP contribution in [-0.2, 0) is 4.79 Å². The largest absolute Gasteiger partial charge is 0.359 e. The predicted molar refractivity (Wildman–Crippen MR) is 92.4 cm³/mol. The normalized spacial score (nSPS) is 15.1. The highest BCUT2D eigenvalue weighted by molar-refractivity contribution is 9.10. The Bertz CT molecular complexity index is 541. The van der Waals surface area contributed by atoms with E-state index in [0.29, 0.717) is 11.2 Å². The molecule has 0 radical (unpaired) electrons. The Morgan fingerprint density at radius 2 is 1.95 bits per heavy atom. The molecule has 1 aliphatic rings. The van der Waals surface area contributed by atoms with E-state index in [9.17, 15) is 4.79 Å². The molecule has 0 heterocycles. The second-order valence-electron chi connectivity index (χ2n) is 4.92. The third-order valence-electron chi connectivity index (χ3n) is 3.31. The molecular weight excluding hydrogens is 350 g/mol. The van der Waals surface area contributed by atoms with Crippen molar-refractivity contribution >= 4 is 45.2 Å². The van der Waals surface area contributed by atoms with E-state index in [1.807, 2.05) is 24.3 Å². The Balaban J connectivity index is 1.74. The van der Waals surface area contributed by atoms with E-state index in [2.05, 4.69) is 32.1 Å². The number of benzene rings is 1. The van der Waals surface area contributed by atoms with Gasteiger partial charge in [0.1, 0.15) is 0 Å². The van der Waals surface area contributed by atoms with Crippen LogP contribution in [0.3, 0.4) is 0 Å². The summed E-state index contributed by atoms with van der Waals surface area (Å²) in [4.78, 5) is 11.7. The highest BCUT2D eigenvalue weighted by Crippen LogP contribution is 2.17. The predicted octanol–water partition coefficient (Wildman–Crippen LogP) is 2.90. The second kappa shape index (κ2) is 8.14. The quantitative estimate of drug-likeness (QED) is 0.436. The number of carbonyl (C=O) groups is 1. The number of nitrogens with one attached hydrogen (secondary N) is 3. The Morgan fingerprint density at radius 1 is 1.24 bits per heavy atom. The number of hydrazine groups is 1. The van der Waals surface area contributed by atoms with E-state index >= 15 is 0 Å². The van der Waals surface area contributed by atoms with Crippen LogP contribution in [0.1, 0.15) is 31.2 Å². The molecule has 0 bridgehead atoms. The molecule has 112 valence electrons. The summed E-state index contributed by atoms with van der Waals surface area (Å²) < 4.78 is 0.945. The van der Waals surface area contributed by atoms with Crippen LogP contribution in [0.4, 0.5) is 0 Å². The first-order chi connectivity index (χ1) is 10.1. The summed E-state index contributed by atoms with van der Waals surface area (Å²) in [7, 11) is 0. The van der Waals surface area contributed by atoms with Crippen molar-refractivity contribution in [3.05, 3.63) is 40.4 Å². The van der Waals surface area contributed by atoms with Gasteiger partial charge in [0.05, 0.1) is 0 Å². The number of amides is 1. The smallest absolute Gasteiger partial charge is 0.262 e. The molecule has 1 saturated carbocycles. The van der Waals surface area contributed by atoms with E-state index < -0.39 is 0 Å². The highest BCUT2D eigenvalue weighted by Gasteiger charge is 2.15. The van der Waals surface area contributed by atoms with E-state index in [0.717, 1.165) is 22.9 Å². The lowest BCUT2D eigenvalue weighted by atomic mass is 10.2. The van der Waals surface area contributed by atoms with Gasteiger partial charge >= 0.3 is 0 Å². The van der Waals surface area contributed by atoms with E-state index in [1.165, 1.54) is 18.9 Å². The van der Waals surface area contributed by atoms with Gasteiger partial charge < -0.3 is 5.32 Å². The van der Waals surface area contributed by atoms with Crippen LogP contribution in [-0.4, -0.2) is 17.1 Å². The van der Waals surface area contributed by atoms with Crippen molar-refractivity contribution in [2.45, 2.75) is 31.7 Å². The van der Waals surface area contributed by atoms with Crippen molar-refractivity contribution in [3.63, 3.8) is 0 Å². The van der Waals surface area contributed by atoms with Crippen LogP contribution in [0.25, 0.3) is 6.08 Å². The first kappa shape index (κ1) is 16.0. The second-order valence-corrected chi connectivity index (χ2v) is 6.19. The Kier molecular flexibility index (Phi) is 6.20. The van der Waals surface area contributed by atoms with Gasteiger partial charge in [-0.3, -0.25) is 15.6 Å². The zero-order valence-electron chi connectivity index (χ0n) is 11.6. The van der Waals surface area contributed by atoms with Gasteiger partial charge in [-0.25, -0.2) is 0 Å². The Hall–Kier alpha value is -1.40. The van der Waals surface area contributed by atoms with Crippen LogP contribution in [0.5, 0.6) is 0 Å². The molecule has 1 amide bonds. The molecular formula is C15H18BrN3OS. The zero-order valence-corrected chi connectivity index (χ0v) is 14.0. The fraction of sp³-hybridized carbons (Fsp3) is 0.333. The SMILES string of the molecule is O=C(/C=C/c1ccccc1Br)NNC(=S)NC1CCCC1. The first-order valence-electron chi connectivity index (χ1n) is 6.94. The maximum absolute atomic E-state index is 11.7. The molecule has 4 nitrogen and oxygen atoms in total. The van der Waals surface area contributed by atoms with Crippen molar-refractivity contribution in [1.82, 2.24) is 16.2 Å². The average molecular weight is 368 g/mol. The Labute approximate surface area is 138 Å². The molecule has 1 aromatic carbocycles. The van der Waals surface area contributed by atoms with Gasteiger partial charge in [-0.1, -0.05) is 47.0 Å². The minimum Gasteiger partial charge on any atom is -0.359 e. The lowest BCUT2D eigenvalue weighted by Crippen LogP contribution is -2.48. The molecule has 0 spiro atoms. The molecule has 6 heteroatoms. The maximum Gasteiger partial charge on any atom is 0.262 e. The lowest BCUT2D eigenvalue weighted by Gasteiger charge is -2.15. The van der Waals surface area contributed by atoms with Gasteiger partial charge in [0, 0.05) is 16.6 Å². The van der Waals surface area contributed by atoms with Crippen molar-refractivity contribution in [2.24, 2.45) is 0 Å². The summed E-state index contributed by atoms with van der Waals surface area (Å²) in [5.41, 5.74) is 6.21. The van der Waals surface area contributed by atoms with Gasteiger partial charge in [-0.15, -0.1) is 0 Å². The summed E-state index contributed by atoms with van der Waals surface area (Å²) in [6, 6.07) is 8.12. The highest BCUT2D eigenvalue weighted by atomic mass is 79.9. The van der Waals surface area contributed by atoms with E-state index in [-0.39, 0.29) is 5.91 Å². The van der Waals surface area contributed by atoms with Crippen LogP contribution in [0.2, 0.25) is 0 Å². The van der Waals surface area contributed by atoms with Crippen molar-refractivity contribution in [2.75, 3.05) is 0 Å². The molecule has 0 saturated heterocycles. The third-order valence-corrected chi connectivity index (χ3v) is 4.25. The summed E-state index contributed by atoms with van der Waals surface area (Å²) in [5, 5.41) is 3.65. The number of carbonyl (C=O) groups excluding carboxylic acids is 1. The summed E-state index contributed by atoms with van der Waals surface area (Å²) in [6.07, 6.45) is 7.96. The van der Waals surface area contributed by atoms with E-state index in [4.69, 9.17) is 12.2 Å². The molecule has 21 heavy (non-hydrogen) atoms. The third kappa shape index (κ3) is 5.47. The molecule has 1 aromatic rings. The number of hydrogen-bond acceptors (Lipinski definition) is 2. The zero-order chi connectivity index (χ0) is 15.1. The molecule has 1 fully saturated rings. The van der Waals surface area contributed by atoms with Gasteiger partial charge in [0.15, 0.2) is 5.11 Å². The van der Waals surface area contributed by atoms with Crippen LogP contribution in [0, 0.1) is 0 Å². The molecule has 3 N–H and O–H groups in total. The summed E-state index contributed by atoms with van der Waals surface area (Å²) in [5.74, 6) is -0.249. The van der Waals surface area contributed by atoms with Gasteiger partial charge in [0.2, 0.25) is 0 Å². The fourth-order valence-corrected chi connectivity index (χ4v) is 2.86. The molecule has 0 atom stereocenters. The molecule has 0 unspecified atom stereocenters. The number of hydrogen-bond donors (Lipinski definition) is 3.